The van der Waals surface area contributed by atoms with Crippen LogP contribution in [0.4, 0.5) is 8.78 Å². The van der Waals surface area contributed by atoms with Gasteiger partial charge < -0.3 is 21.9 Å². The quantitative estimate of drug-likeness (QED) is 0.337. The molecule has 31 heavy (non-hydrogen) atoms. The molecule has 1 atom stereocenters. The zero-order valence-corrected chi connectivity index (χ0v) is 18.3. The molecular weight excluding hydrogens is 428 g/mol. The molecule has 7 nitrogen and oxygen atoms in total. The molecule has 1 aromatic carbocycles. The largest absolute Gasteiger partial charge is 0.491 e. The van der Waals surface area contributed by atoms with Crippen LogP contribution in [0.2, 0.25) is 5.02 Å². The van der Waals surface area contributed by atoms with Crippen LogP contribution in [0, 0.1) is 18.6 Å². The van der Waals surface area contributed by atoms with Crippen molar-refractivity contribution >= 4 is 23.7 Å². The molecule has 2 aromatic rings. The number of aromatic nitrogens is 1. The Morgan fingerprint density at radius 2 is 1.94 bits per heavy atom. The average Bonchev–Trinajstić information content (AvgIpc) is 2.73. The Morgan fingerprint density at radius 1 is 1.29 bits per heavy atom. The highest BCUT2D eigenvalue weighted by Crippen LogP contribution is 2.37. The SMILES string of the molecule is CCOc1c(C)cc(C(CN)C(/C=C\N)=NC)nc1-c1cc(Cl)c(F)cc1F.NC=O. The maximum atomic E-state index is 14.6. The van der Waals surface area contributed by atoms with E-state index in [-0.39, 0.29) is 35.2 Å². The van der Waals surface area contributed by atoms with Gasteiger partial charge in [0.2, 0.25) is 6.41 Å². The van der Waals surface area contributed by atoms with E-state index in [0.717, 1.165) is 11.6 Å². The maximum absolute atomic E-state index is 14.6. The van der Waals surface area contributed by atoms with Crippen molar-refractivity contribution in [2.24, 2.45) is 22.2 Å². The number of hydrogen-bond acceptors (Lipinski definition) is 6. The minimum Gasteiger partial charge on any atom is -0.491 e. The molecule has 1 unspecified atom stereocenters. The van der Waals surface area contributed by atoms with Crippen molar-refractivity contribution in [1.82, 2.24) is 4.98 Å². The molecule has 0 saturated heterocycles. The third kappa shape index (κ3) is 6.47. The number of carbonyl (C=O) groups excluding carboxylic acids is 1. The summed E-state index contributed by atoms with van der Waals surface area (Å²) in [6, 6.07) is 3.74. The van der Waals surface area contributed by atoms with Crippen LogP contribution in [0.5, 0.6) is 5.75 Å². The number of primary amides is 1. The van der Waals surface area contributed by atoms with Crippen LogP contribution in [0.25, 0.3) is 11.3 Å². The number of pyridine rings is 1. The van der Waals surface area contributed by atoms with E-state index in [2.05, 4.69) is 15.7 Å². The number of allylic oxidation sites excluding steroid dienone is 1. The molecule has 0 radical (unpaired) electrons. The van der Waals surface area contributed by atoms with Gasteiger partial charge in [0, 0.05) is 30.9 Å². The lowest BCUT2D eigenvalue weighted by Crippen LogP contribution is -2.22. The van der Waals surface area contributed by atoms with Crippen molar-refractivity contribution in [3.8, 4) is 17.0 Å². The summed E-state index contributed by atoms with van der Waals surface area (Å²) >= 11 is 5.88. The molecule has 0 fully saturated rings. The minimum absolute atomic E-state index is 0.0416. The Morgan fingerprint density at radius 3 is 2.45 bits per heavy atom. The van der Waals surface area contributed by atoms with Gasteiger partial charge in [0.05, 0.1) is 23.2 Å². The Hall–Kier alpha value is -3.04. The van der Waals surface area contributed by atoms with E-state index in [0.29, 0.717) is 23.8 Å². The molecule has 6 N–H and O–H groups in total. The fraction of sp³-hybridized carbons (Fsp3) is 0.286. The topological polar surface area (TPSA) is 130 Å². The molecule has 10 heteroatoms. The van der Waals surface area contributed by atoms with Crippen LogP contribution in [-0.4, -0.2) is 37.3 Å². The van der Waals surface area contributed by atoms with Crippen molar-refractivity contribution in [3.63, 3.8) is 0 Å². The van der Waals surface area contributed by atoms with Crippen LogP contribution >= 0.6 is 11.6 Å². The van der Waals surface area contributed by atoms with Gasteiger partial charge in [-0.25, -0.2) is 13.8 Å². The number of carbonyl (C=O) groups is 1. The van der Waals surface area contributed by atoms with E-state index < -0.39 is 11.6 Å². The molecule has 0 spiro atoms. The van der Waals surface area contributed by atoms with E-state index in [9.17, 15) is 8.78 Å². The number of amides is 1. The van der Waals surface area contributed by atoms with E-state index in [4.69, 9.17) is 32.6 Å². The van der Waals surface area contributed by atoms with Gasteiger partial charge in [-0.2, -0.15) is 0 Å². The smallest absolute Gasteiger partial charge is 0.204 e. The van der Waals surface area contributed by atoms with E-state index in [1.54, 1.807) is 13.1 Å². The maximum Gasteiger partial charge on any atom is 0.204 e. The summed E-state index contributed by atoms with van der Waals surface area (Å²) in [7, 11) is 1.62. The highest BCUT2D eigenvalue weighted by Gasteiger charge is 2.23. The summed E-state index contributed by atoms with van der Waals surface area (Å²) in [5, 5.41) is -0.207. The van der Waals surface area contributed by atoms with Crippen molar-refractivity contribution < 1.29 is 18.3 Å². The summed E-state index contributed by atoms with van der Waals surface area (Å²) in [6.45, 7) is 4.19. The Labute approximate surface area is 184 Å². The number of halogens is 3. The lowest BCUT2D eigenvalue weighted by Gasteiger charge is -2.20. The molecule has 0 aliphatic carbocycles. The summed E-state index contributed by atoms with van der Waals surface area (Å²) < 4.78 is 33.9. The predicted octanol–water partition coefficient (Wildman–Crippen LogP) is 3.07. The summed E-state index contributed by atoms with van der Waals surface area (Å²) in [5.41, 5.74) is 17.8. The van der Waals surface area contributed by atoms with Crippen molar-refractivity contribution in [2.75, 3.05) is 20.2 Å². The number of hydrogen-bond donors (Lipinski definition) is 3. The normalized spacial score (nSPS) is 12.3. The molecule has 0 aliphatic rings. The number of aliphatic imine (C=N–C) groups is 1. The standard InChI is InChI=1S/C20H23ClF2N4O.CH3NO/c1-4-28-20-11(2)7-18(13(10-25)17(26-3)5-6-24)27-19(20)12-8-14(21)16(23)9-15(12)22;2-1-3/h5-9,13H,4,10,24-25H2,1-3H3;1H,(H2,2,3)/b6-5-,26-17?;. The first-order valence-corrected chi connectivity index (χ1v) is 9.66. The summed E-state index contributed by atoms with van der Waals surface area (Å²) in [4.78, 5) is 17.4. The van der Waals surface area contributed by atoms with Crippen LogP contribution in [-0.2, 0) is 4.79 Å². The van der Waals surface area contributed by atoms with Crippen LogP contribution in [0.3, 0.4) is 0 Å². The van der Waals surface area contributed by atoms with Gasteiger partial charge >= 0.3 is 0 Å². The Balaban J connectivity index is 0.00000151. The van der Waals surface area contributed by atoms with Gasteiger partial charge in [0.15, 0.2) is 0 Å². The molecular formula is C21H26ClF2N5O2. The van der Waals surface area contributed by atoms with Crippen LogP contribution in [0.1, 0.15) is 24.1 Å². The van der Waals surface area contributed by atoms with E-state index >= 15 is 0 Å². The van der Waals surface area contributed by atoms with Gasteiger partial charge in [-0.1, -0.05) is 11.6 Å². The first kappa shape index (κ1) is 26.0. The second-order valence-electron chi connectivity index (χ2n) is 6.15. The molecule has 168 valence electrons. The Bertz CT molecular complexity index is 967. The fourth-order valence-corrected chi connectivity index (χ4v) is 3.08. The third-order valence-corrected chi connectivity index (χ3v) is 4.50. The van der Waals surface area contributed by atoms with Crippen molar-refractivity contribution in [1.29, 1.82) is 0 Å². The molecule has 0 saturated carbocycles. The third-order valence-electron chi connectivity index (χ3n) is 4.21. The van der Waals surface area contributed by atoms with Gasteiger partial charge in [-0.3, -0.25) is 9.79 Å². The highest BCUT2D eigenvalue weighted by atomic mass is 35.5. The van der Waals surface area contributed by atoms with Gasteiger partial charge in [-0.05, 0) is 43.8 Å². The monoisotopic (exact) mass is 453 g/mol. The lowest BCUT2D eigenvalue weighted by molar-refractivity contribution is -0.106. The van der Waals surface area contributed by atoms with Crippen LogP contribution in [0.15, 0.2) is 35.5 Å². The number of ether oxygens (including phenoxy) is 1. The molecule has 0 bridgehead atoms. The van der Waals surface area contributed by atoms with Crippen molar-refractivity contribution in [3.05, 3.63) is 58.4 Å². The molecule has 1 aromatic heterocycles. The van der Waals surface area contributed by atoms with Gasteiger partial charge in [0.25, 0.3) is 0 Å². The summed E-state index contributed by atoms with van der Waals surface area (Å²) in [6.07, 6.45) is 3.26. The molecule has 1 heterocycles. The average molecular weight is 454 g/mol. The van der Waals surface area contributed by atoms with E-state index in [1.165, 1.54) is 12.3 Å². The molecule has 1 amide bonds. The Kier molecular flexibility index (Phi) is 10.6. The van der Waals surface area contributed by atoms with E-state index in [1.807, 2.05) is 19.9 Å². The number of rotatable bonds is 7. The second-order valence-corrected chi connectivity index (χ2v) is 6.56. The number of nitrogens with zero attached hydrogens (tertiary/aromatic N) is 2. The molecule has 2 rings (SSSR count). The fourth-order valence-electron chi connectivity index (χ4n) is 2.92. The minimum atomic E-state index is -0.845. The number of benzene rings is 1. The van der Waals surface area contributed by atoms with Crippen molar-refractivity contribution in [2.45, 2.75) is 19.8 Å². The van der Waals surface area contributed by atoms with Gasteiger partial charge in [0.1, 0.15) is 23.1 Å². The number of aryl methyl sites for hydroxylation is 1. The second kappa shape index (κ2) is 12.6. The molecule has 0 aliphatic heterocycles. The van der Waals surface area contributed by atoms with Gasteiger partial charge in [-0.15, -0.1) is 0 Å². The van der Waals surface area contributed by atoms with Crippen LogP contribution < -0.4 is 21.9 Å². The first-order chi connectivity index (χ1) is 14.8. The zero-order valence-electron chi connectivity index (χ0n) is 17.5. The summed E-state index contributed by atoms with van der Waals surface area (Å²) in [5.74, 6) is -1.60. The first-order valence-electron chi connectivity index (χ1n) is 9.29. The zero-order chi connectivity index (χ0) is 23.6. The predicted molar refractivity (Wildman–Crippen MR) is 119 cm³/mol. The number of nitrogens with two attached hydrogens (primary N) is 3. The lowest BCUT2D eigenvalue weighted by atomic mass is 9.95. The highest BCUT2D eigenvalue weighted by molar-refractivity contribution is 6.31.